The van der Waals surface area contributed by atoms with Gasteiger partial charge >= 0.3 is 5.97 Å². The molecule has 0 unspecified atom stereocenters. The van der Waals surface area contributed by atoms with Crippen molar-refractivity contribution in [1.82, 2.24) is 5.32 Å². The Balaban J connectivity index is 0. The zero-order valence-corrected chi connectivity index (χ0v) is 11.8. The molecular weight excluding hydrogens is 250 g/mol. The van der Waals surface area contributed by atoms with Crippen LogP contribution in [0.15, 0.2) is 12.5 Å². The Bertz CT molecular complexity index is 217. The summed E-state index contributed by atoms with van der Waals surface area (Å²) in [5, 5.41) is 28.6. The predicted molar refractivity (Wildman–Crippen MR) is 73.6 cm³/mol. The SMILES string of the molecule is CC.O=C(CCCCCN/C=C\O)OC(CO)CO. The number of esters is 1. The second-order valence-corrected chi connectivity index (χ2v) is 3.56. The van der Waals surface area contributed by atoms with Crippen molar-refractivity contribution in [3.8, 4) is 0 Å². The summed E-state index contributed by atoms with van der Waals surface area (Å²) in [6.07, 6.45) is 4.31. The molecule has 0 rings (SSSR count). The van der Waals surface area contributed by atoms with Gasteiger partial charge in [-0.15, -0.1) is 0 Å². The maximum atomic E-state index is 11.2. The standard InChI is InChI=1S/C11H21NO5.C2H6/c13-7-6-12-5-3-1-2-4-11(16)17-10(8-14)9-15;1-2/h6-7,10,12-15H,1-5,8-9H2;1-2H3/b7-6-;. The van der Waals surface area contributed by atoms with E-state index in [9.17, 15) is 4.79 Å². The molecule has 6 nitrogen and oxygen atoms in total. The molecule has 0 aromatic carbocycles. The van der Waals surface area contributed by atoms with Crippen molar-refractivity contribution in [1.29, 1.82) is 0 Å². The Morgan fingerprint density at radius 1 is 1.21 bits per heavy atom. The number of nitrogens with one attached hydrogen (secondary N) is 1. The molecule has 4 N–H and O–H groups in total. The van der Waals surface area contributed by atoms with Crippen LogP contribution in [-0.4, -0.2) is 47.2 Å². The highest BCUT2D eigenvalue weighted by Gasteiger charge is 2.11. The van der Waals surface area contributed by atoms with Gasteiger partial charge in [-0.1, -0.05) is 20.3 Å². The Morgan fingerprint density at radius 2 is 1.84 bits per heavy atom. The van der Waals surface area contributed by atoms with E-state index in [0.29, 0.717) is 6.42 Å². The van der Waals surface area contributed by atoms with Crippen LogP contribution in [0.3, 0.4) is 0 Å². The average molecular weight is 277 g/mol. The quantitative estimate of drug-likeness (QED) is 0.271. The maximum absolute atomic E-state index is 11.2. The van der Waals surface area contributed by atoms with Gasteiger partial charge < -0.3 is 25.4 Å². The minimum atomic E-state index is -0.807. The number of aliphatic hydroxyl groups is 3. The molecule has 0 aliphatic rings. The fourth-order valence-electron chi connectivity index (χ4n) is 1.19. The van der Waals surface area contributed by atoms with Gasteiger partial charge in [0.15, 0.2) is 0 Å². The fraction of sp³-hybridized carbons (Fsp3) is 0.769. The first kappa shape index (κ1) is 20.1. The van der Waals surface area contributed by atoms with Crippen LogP contribution < -0.4 is 5.32 Å². The van der Waals surface area contributed by atoms with Gasteiger partial charge in [0.1, 0.15) is 6.10 Å². The molecule has 6 heteroatoms. The number of unbranched alkanes of at least 4 members (excludes halogenated alkanes) is 2. The van der Waals surface area contributed by atoms with E-state index >= 15 is 0 Å². The molecule has 0 saturated carbocycles. The summed E-state index contributed by atoms with van der Waals surface area (Å²) < 4.78 is 4.80. The monoisotopic (exact) mass is 277 g/mol. The lowest BCUT2D eigenvalue weighted by Gasteiger charge is -2.12. The topological polar surface area (TPSA) is 99.0 Å². The molecule has 0 aromatic rings. The van der Waals surface area contributed by atoms with Crippen LogP contribution >= 0.6 is 0 Å². The molecule has 0 aliphatic carbocycles. The van der Waals surface area contributed by atoms with E-state index in [0.717, 1.165) is 25.6 Å². The molecule has 0 aliphatic heterocycles. The van der Waals surface area contributed by atoms with Crippen molar-refractivity contribution in [3.05, 3.63) is 12.5 Å². The summed E-state index contributed by atoms with van der Waals surface area (Å²) in [4.78, 5) is 11.2. The molecule has 0 atom stereocenters. The lowest BCUT2D eigenvalue weighted by atomic mass is 10.2. The highest BCUT2D eigenvalue weighted by Crippen LogP contribution is 2.02. The summed E-state index contributed by atoms with van der Waals surface area (Å²) in [6, 6.07) is 0. The minimum Gasteiger partial charge on any atom is -0.514 e. The van der Waals surface area contributed by atoms with E-state index in [1.165, 1.54) is 6.20 Å². The Hall–Kier alpha value is -1.27. The van der Waals surface area contributed by atoms with Crippen LogP contribution in [0, 0.1) is 0 Å². The molecule has 19 heavy (non-hydrogen) atoms. The minimum absolute atomic E-state index is 0.284. The van der Waals surface area contributed by atoms with Crippen molar-refractivity contribution in [3.63, 3.8) is 0 Å². The molecule has 0 saturated heterocycles. The molecule has 0 radical (unpaired) electrons. The number of hydrogen-bond donors (Lipinski definition) is 4. The van der Waals surface area contributed by atoms with Crippen LogP contribution in [0.25, 0.3) is 0 Å². The highest BCUT2D eigenvalue weighted by atomic mass is 16.6. The molecule has 0 aromatic heterocycles. The van der Waals surface area contributed by atoms with Crippen molar-refractivity contribution in [2.75, 3.05) is 19.8 Å². The van der Waals surface area contributed by atoms with E-state index in [-0.39, 0.29) is 19.6 Å². The van der Waals surface area contributed by atoms with Gasteiger partial charge in [0, 0.05) is 19.2 Å². The second-order valence-electron chi connectivity index (χ2n) is 3.56. The van der Waals surface area contributed by atoms with Crippen molar-refractivity contribution in [2.45, 2.75) is 45.6 Å². The van der Waals surface area contributed by atoms with Gasteiger partial charge in [-0.3, -0.25) is 4.79 Å². The number of rotatable bonds is 10. The van der Waals surface area contributed by atoms with Crippen molar-refractivity contribution in [2.24, 2.45) is 0 Å². The molecule has 0 bridgehead atoms. The van der Waals surface area contributed by atoms with Crippen LogP contribution in [-0.2, 0) is 9.53 Å². The predicted octanol–water partition coefficient (Wildman–Crippen LogP) is 1.09. The third-order valence-electron chi connectivity index (χ3n) is 2.10. The van der Waals surface area contributed by atoms with Gasteiger partial charge in [-0.2, -0.15) is 0 Å². The van der Waals surface area contributed by atoms with Crippen LogP contribution in [0.2, 0.25) is 0 Å². The normalized spacial score (nSPS) is 10.2. The number of carbonyl (C=O) groups excluding carboxylic acids is 1. The van der Waals surface area contributed by atoms with Gasteiger partial charge in [0.05, 0.1) is 19.5 Å². The maximum Gasteiger partial charge on any atom is 0.306 e. The first-order chi connectivity index (χ1) is 9.24. The summed E-state index contributed by atoms with van der Waals surface area (Å²) >= 11 is 0. The molecule has 114 valence electrons. The summed E-state index contributed by atoms with van der Waals surface area (Å²) in [5.41, 5.74) is 0. The van der Waals surface area contributed by atoms with Gasteiger partial charge in [-0.05, 0) is 12.8 Å². The Labute approximate surface area is 115 Å². The zero-order chi connectivity index (χ0) is 14.9. The van der Waals surface area contributed by atoms with E-state index < -0.39 is 12.1 Å². The lowest BCUT2D eigenvalue weighted by molar-refractivity contribution is -0.153. The van der Waals surface area contributed by atoms with E-state index in [4.69, 9.17) is 20.1 Å². The average Bonchev–Trinajstić information content (AvgIpc) is 2.46. The van der Waals surface area contributed by atoms with Gasteiger partial charge in [0.25, 0.3) is 0 Å². The van der Waals surface area contributed by atoms with Crippen LogP contribution in [0.5, 0.6) is 0 Å². The van der Waals surface area contributed by atoms with Crippen LogP contribution in [0.4, 0.5) is 0 Å². The zero-order valence-electron chi connectivity index (χ0n) is 11.8. The molecular formula is C13H27NO5. The molecule has 0 spiro atoms. The first-order valence-electron chi connectivity index (χ1n) is 6.68. The largest absolute Gasteiger partial charge is 0.514 e. The third-order valence-corrected chi connectivity index (χ3v) is 2.10. The number of ether oxygens (including phenoxy) is 1. The Morgan fingerprint density at radius 3 is 2.37 bits per heavy atom. The fourth-order valence-corrected chi connectivity index (χ4v) is 1.19. The van der Waals surface area contributed by atoms with E-state index in [1.807, 2.05) is 13.8 Å². The number of aliphatic hydroxyl groups excluding tert-OH is 3. The van der Waals surface area contributed by atoms with E-state index in [1.54, 1.807) is 0 Å². The summed E-state index contributed by atoms with van der Waals surface area (Å²) in [5.74, 6) is -0.402. The highest BCUT2D eigenvalue weighted by molar-refractivity contribution is 5.69. The molecule has 0 amide bonds. The Kier molecular flexibility index (Phi) is 17.7. The van der Waals surface area contributed by atoms with Crippen molar-refractivity contribution >= 4 is 5.97 Å². The number of hydrogen-bond acceptors (Lipinski definition) is 6. The smallest absolute Gasteiger partial charge is 0.306 e. The van der Waals surface area contributed by atoms with Crippen LogP contribution in [0.1, 0.15) is 39.5 Å². The summed E-state index contributed by atoms with van der Waals surface area (Å²) in [6.45, 7) is 4.02. The molecule has 0 heterocycles. The second kappa shape index (κ2) is 16.7. The van der Waals surface area contributed by atoms with Gasteiger partial charge in [-0.25, -0.2) is 0 Å². The van der Waals surface area contributed by atoms with Gasteiger partial charge in [0.2, 0.25) is 0 Å². The van der Waals surface area contributed by atoms with E-state index in [2.05, 4.69) is 5.32 Å². The molecule has 0 fully saturated rings. The first-order valence-corrected chi connectivity index (χ1v) is 6.68. The number of carbonyl (C=O) groups is 1. The lowest BCUT2D eigenvalue weighted by Crippen LogP contribution is -2.25. The van der Waals surface area contributed by atoms with Crippen molar-refractivity contribution < 1.29 is 24.9 Å². The third kappa shape index (κ3) is 14.7. The summed E-state index contributed by atoms with van der Waals surface area (Å²) in [7, 11) is 0.